The van der Waals surface area contributed by atoms with Crippen molar-refractivity contribution in [2.24, 2.45) is 5.92 Å². The first-order valence-corrected chi connectivity index (χ1v) is 11.0. The predicted octanol–water partition coefficient (Wildman–Crippen LogP) is 0.505. The summed E-state index contributed by atoms with van der Waals surface area (Å²) in [7, 11) is -2.93. The fraction of sp³-hybridized carbons (Fsp3) is 0.444. The second-order valence-corrected chi connectivity index (χ2v) is 7.92. The van der Waals surface area contributed by atoms with Gasteiger partial charge in [-0.2, -0.15) is 9.67 Å². The van der Waals surface area contributed by atoms with E-state index in [2.05, 4.69) is 30.6 Å². The van der Waals surface area contributed by atoms with Gasteiger partial charge in [0.05, 0.1) is 12.7 Å². The van der Waals surface area contributed by atoms with Crippen LogP contribution in [-0.2, 0) is 18.6 Å². The van der Waals surface area contributed by atoms with Crippen molar-refractivity contribution in [3.8, 4) is 0 Å². The Bertz CT molecular complexity index is 1130. The van der Waals surface area contributed by atoms with E-state index in [-0.39, 0.29) is 42.0 Å². The summed E-state index contributed by atoms with van der Waals surface area (Å²) >= 11 is 0. The van der Waals surface area contributed by atoms with Crippen LogP contribution in [0.25, 0.3) is 11.2 Å². The summed E-state index contributed by atoms with van der Waals surface area (Å²) < 4.78 is 22.7. The summed E-state index contributed by atoms with van der Waals surface area (Å²) in [4.78, 5) is 43.4. The molecule has 0 bridgehead atoms. The van der Waals surface area contributed by atoms with E-state index < -0.39 is 32.2 Å². The molecule has 4 atom stereocenters. The number of carbonyl (C=O) groups is 1. The number of pyridine rings is 1. The molecule has 4 rings (SSSR count). The van der Waals surface area contributed by atoms with E-state index in [1.807, 2.05) is 18.2 Å². The number of rotatable bonds is 6. The van der Waals surface area contributed by atoms with Crippen LogP contribution < -0.4 is 10.9 Å². The van der Waals surface area contributed by atoms with Crippen LogP contribution in [0.15, 0.2) is 35.4 Å². The molecule has 1 amide bonds. The number of aliphatic hydroxyl groups excluding tert-OH is 1. The minimum Gasteiger partial charge on any atom is -0.394 e. The van der Waals surface area contributed by atoms with Crippen LogP contribution in [0.5, 0.6) is 0 Å². The first-order valence-electron chi connectivity index (χ1n) is 9.90. The van der Waals surface area contributed by atoms with Crippen molar-refractivity contribution in [1.29, 1.82) is 0 Å². The summed E-state index contributed by atoms with van der Waals surface area (Å²) in [6, 6.07) is 5.72. The maximum atomic E-state index is 12.2. The summed E-state index contributed by atoms with van der Waals surface area (Å²) in [6.07, 6.45) is 1.01. The zero-order chi connectivity index (χ0) is 24.0. The Labute approximate surface area is 187 Å². The quantitative estimate of drug-likeness (QED) is 0.359. The van der Waals surface area contributed by atoms with Gasteiger partial charge in [0.15, 0.2) is 23.5 Å². The third-order valence-electron chi connectivity index (χ3n) is 4.48. The molecular weight excluding hydrogens is 457 g/mol. The van der Waals surface area contributed by atoms with Crippen molar-refractivity contribution < 1.29 is 28.6 Å². The van der Waals surface area contributed by atoms with Crippen molar-refractivity contribution in [2.75, 3.05) is 11.9 Å². The molecule has 1 unspecified atom stereocenters. The number of hydrogen-bond donors (Lipinski definition) is 4. The van der Waals surface area contributed by atoms with Crippen LogP contribution in [0, 0.1) is 5.92 Å². The van der Waals surface area contributed by atoms with E-state index in [9.17, 15) is 19.3 Å². The molecule has 1 fully saturated rings. The number of anilines is 1. The van der Waals surface area contributed by atoms with Gasteiger partial charge in [-0.3, -0.25) is 24.9 Å². The molecule has 0 aliphatic carbocycles. The summed E-state index contributed by atoms with van der Waals surface area (Å²) in [5.41, 5.74) is -0.753. The molecule has 15 heteroatoms. The van der Waals surface area contributed by atoms with Crippen molar-refractivity contribution in [3.63, 3.8) is 0 Å². The first kappa shape index (κ1) is 24.5. The number of nitrogens with zero attached hydrogens (tertiary/aromatic N) is 5. The highest BCUT2D eigenvalue weighted by Gasteiger charge is 2.44. The number of aromatic nitrogens is 6. The maximum Gasteiger partial charge on any atom is 0.695 e. The maximum absolute atomic E-state index is 12.2. The average molecular weight is 480 g/mol. The number of hydrogen-bond acceptors (Lipinski definition) is 10. The second kappa shape index (κ2) is 11.1. The smallest absolute Gasteiger partial charge is 0.394 e. The topological polar surface area (TPSA) is 194 Å². The van der Waals surface area contributed by atoms with Crippen LogP contribution in [0.4, 0.5) is 5.95 Å². The Morgan fingerprint density at radius 1 is 1.39 bits per heavy atom. The zero-order valence-electron chi connectivity index (χ0n) is 17.7. The third-order valence-corrected chi connectivity index (χ3v) is 4.93. The van der Waals surface area contributed by atoms with Gasteiger partial charge < -0.3 is 9.84 Å². The van der Waals surface area contributed by atoms with Crippen LogP contribution in [-0.4, -0.2) is 64.7 Å². The van der Waals surface area contributed by atoms with E-state index in [1.54, 1.807) is 26.2 Å². The Balaban J connectivity index is 0.000000442. The van der Waals surface area contributed by atoms with Crippen LogP contribution in [0.1, 0.15) is 26.5 Å². The molecule has 3 aromatic rings. The number of nitrogens with one attached hydrogen (secondary N) is 2. The van der Waals surface area contributed by atoms with Crippen molar-refractivity contribution in [1.82, 2.24) is 29.9 Å². The fourth-order valence-corrected chi connectivity index (χ4v) is 3.33. The molecule has 176 valence electrons. The van der Waals surface area contributed by atoms with E-state index in [4.69, 9.17) is 14.2 Å². The number of ether oxygens (including phenoxy) is 1. The molecule has 1 aliphatic heterocycles. The van der Waals surface area contributed by atoms with Gasteiger partial charge in [-0.1, -0.05) is 25.1 Å². The average Bonchev–Trinajstić information content (AvgIpc) is 3.38. The third kappa shape index (κ3) is 6.21. The molecule has 4 heterocycles. The minimum absolute atomic E-state index is 0.0110. The summed E-state index contributed by atoms with van der Waals surface area (Å²) in [6.45, 7) is 3.02. The van der Waals surface area contributed by atoms with Gasteiger partial charge in [-0.05, 0) is 12.1 Å². The summed E-state index contributed by atoms with van der Waals surface area (Å²) in [5.74, 6) is -0.791. The standard InChI is InChI=1S/C13H17N6O7P.C5H5N/c1-5(2)10(21)15-13-14-9-8(11(22)16-13)17-18-19(9)12-7(26-27(23)24)3-6(4-20)25-12;1-2-4-6-5-3-1/h5-7,12,20H,3-4H2,1-2H3,(H2-,14,15,16,18,21,22,23,24);1-5H/p+1/t6-,7-,12+;/m0./s1. The lowest BCUT2D eigenvalue weighted by molar-refractivity contribution is -0.118. The Morgan fingerprint density at radius 3 is 2.67 bits per heavy atom. The Hall–Kier alpha value is -3.16. The number of amides is 1. The molecule has 0 radical (unpaired) electrons. The van der Waals surface area contributed by atoms with Crippen LogP contribution in [0.2, 0.25) is 0 Å². The lowest BCUT2D eigenvalue weighted by Gasteiger charge is -2.14. The molecule has 0 spiro atoms. The first-order chi connectivity index (χ1) is 15.8. The van der Waals surface area contributed by atoms with Gasteiger partial charge in [0, 0.05) is 29.3 Å². The second-order valence-electron chi connectivity index (χ2n) is 7.24. The molecule has 1 aliphatic rings. The molecule has 33 heavy (non-hydrogen) atoms. The minimum atomic E-state index is -2.93. The number of carbonyl (C=O) groups excluding carboxylic acids is 1. The predicted molar refractivity (Wildman–Crippen MR) is 114 cm³/mol. The lowest BCUT2D eigenvalue weighted by Crippen LogP contribution is -2.24. The summed E-state index contributed by atoms with van der Waals surface area (Å²) in [5, 5.41) is 19.3. The highest BCUT2D eigenvalue weighted by molar-refractivity contribution is 7.32. The highest BCUT2D eigenvalue weighted by atomic mass is 31.1. The van der Waals surface area contributed by atoms with Crippen LogP contribution in [0.3, 0.4) is 0 Å². The monoisotopic (exact) mass is 480 g/mol. The SMILES string of the molecule is CC(C)C(=O)Nc1nc2c(nnn2[C@@H]2O[C@H](CO)C[C@@H]2O[P+](=O)O)c(=O)[nH]1.c1ccncc1. The molecule has 1 saturated heterocycles. The van der Waals surface area contributed by atoms with Crippen molar-refractivity contribution in [3.05, 3.63) is 40.9 Å². The number of fused-ring (bicyclic) bond motifs is 1. The highest BCUT2D eigenvalue weighted by Crippen LogP contribution is 2.36. The normalized spacial score (nSPS) is 20.4. The molecule has 0 aromatic carbocycles. The van der Waals surface area contributed by atoms with Gasteiger partial charge in [0.25, 0.3) is 5.56 Å². The van der Waals surface area contributed by atoms with Gasteiger partial charge >= 0.3 is 8.25 Å². The number of H-pyrrole nitrogens is 1. The Kier molecular flexibility index (Phi) is 8.25. The zero-order valence-corrected chi connectivity index (χ0v) is 18.6. The molecule has 3 aromatic heterocycles. The number of aromatic amines is 1. The van der Waals surface area contributed by atoms with E-state index in [1.165, 1.54) is 0 Å². The largest absolute Gasteiger partial charge is 0.695 e. The van der Waals surface area contributed by atoms with Gasteiger partial charge in [-0.15, -0.1) is 14.5 Å². The number of aliphatic hydroxyl groups is 1. The van der Waals surface area contributed by atoms with E-state index in [0.29, 0.717) is 0 Å². The van der Waals surface area contributed by atoms with Crippen molar-refractivity contribution in [2.45, 2.75) is 38.7 Å². The molecular formula is C18H23N7O7P+. The lowest BCUT2D eigenvalue weighted by atomic mass is 10.2. The van der Waals surface area contributed by atoms with Crippen molar-refractivity contribution >= 4 is 31.3 Å². The molecule has 14 nitrogen and oxygen atoms in total. The molecule has 4 N–H and O–H groups in total. The van der Waals surface area contributed by atoms with Gasteiger partial charge in [0.2, 0.25) is 11.9 Å². The van der Waals surface area contributed by atoms with E-state index >= 15 is 0 Å². The molecule has 0 saturated carbocycles. The van der Waals surface area contributed by atoms with Crippen LogP contribution >= 0.6 is 8.25 Å². The fourth-order valence-electron chi connectivity index (χ4n) is 2.90. The van der Waals surface area contributed by atoms with E-state index in [0.717, 1.165) is 4.68 Å². The van der Waals surface area contributed by atoms with Gasteiger partial charge in [-0.25, -0.2) is 0 Å². The Morgan fingerprint density at radius 2 is 2.12 bits per heavy atom. The van der Waals surface area contributed by atoms with Gasteiger partial charge in [0.1, 0.15) is 0 Å².